The van der Waals surface area contributed by atoms with E-state index in [0.29, 0.717) is 31.6 Å². The molecular formula is C23H31NO5Si. The number of hydrogen-bond donors (Lipinski definition) is 0. The standard InChI is InChI=1S/C23H31NO5Si/c1-22(2,3)30(4,5)29-18-12-23-8-6-19(25)24(23)9-7-14-10-16-17(28-13-27-16)11-15(14)20(23)21(18)26/h10-11,18,20H,6-9,12-13H2,1-5H3/t18-,20-,23+/m1/s1. The molecule has 0 radical (unpaired) electrons. The van der Waals surface area contributed by atoms with Gasteiger partial charge in [-0.1, -0.05) is 20.8 Å². The average molecular weight is 430 g/mol. The number of amides is 1. The first-order chi connectivity index (χ1) is 14.0. The molecule has 1 aliphatic carbocycles. The number of hydrogen-bond acceptors (Lipinski definition) is 5. The first kappa shape index (κ1) is 20.1. The third-order valence-electron chi connectivity index (χ3n) is 8.08. The lowest BCUT2D eigenvalue weighted by Gasteiger charge is -2.39. The van der Waals surface area contributed by atoms with Crippen molar-refractivity contribution in [1.82, 2.24) is 4.90 Å². The van der Waals surface area contributed by atoms with E-state index in [1.54, 1.807) is 0 Å². The van der Waals surface area contributed by atoms with Gasteiger partial charge in [0, 0.05) is 19.4 Å². The van der Waals surface area contributed by atoms with Crippen molar-refractivity contribution in [2.75, 3.05) is 13.3 Å². The fourth-order valence-corrected chi connectivity index (χ4v) is 6.75. The Balaban J connectivity index is 1.60. The Morgan fingerprint density at radius 2 is 1.83 bits per heavy atom. The van der Waals surface area contributed by atoms with E-state index in [2.05, 4.69) is 33.9 Å². The first-order valence-corrected chi connectivity index (χ1v) is 13.9. The molecule has 6 nitrogen and oxygen atoms in total. The summed E-state index contributed by atoms with van der Waals surface area (Å²) in [5, 5.41) is 0.0185. The molecule has 1 aromatic rings. The Kier molecular flexibility index (Phi) is 4.23. The van der Waals surface area contributed by atoms with E-state index < -0.39 is 20.0 Å². The number of ketones is 1. The lowest BCUT2D eigenvalue weighted by Crippen LogP contribution is -2.48. The van der Waals surface area contributed by atoms with Crippen molar-refractivity contribution < 1.29 is 23.5 Å². The zero-order valence-electron chi connectivity index (χ0n) is 18.5. The summed E-state index contributed by atoms with van der Waals surface area (Å²) < 4.78 is 17.9. The van der Waals surface area contributed by atoms with Crippen molar-refractivity contribution in [2.24, 2.45) is 0 Å². The van der Waals surface area contributed by atoms with E-state index in [4.69, 9.17) is 13.9 Å². The quantitative estimate of drug-likeness (QED) is 0.670. The third-order valence-corrected chi connectivity index (χ3v) is 12.6. The summed E-state index contributed by atoms with van der Waals surface area (Å²) in [4.78, 5) is 28.7. The van der Waals surface area contributed by atoms with Crippen molar-refractivity contribution in [1.29, 1.82) is 0 Å². The van der Waals surface area contributed by atoms with Crippen LogP contribution in [-0.2, 0) is 20.4 Å². The molecule has 5 rings (SSSR count). The van der Waals surface area contributed by atoms with Crippen molar-refractivity contribution in [3.8, 4) is 11.5 Å². The monoisotopic (exact) mass is 429 g/mol. The lowest BCUT2D eigenvalue weighted by atomic mass is 9.79. The Labute approximate surface area is 179 Å². The smallest absolute Gasteiger partial charge is 0.231 e. The van der Waals surface area contributed by atoms with Gasteiger partial charge in [0.2, 0.25) is 12.7 Å². The highest BCUT2D eigenvalue weighted by atomic mass is 28.4. The molecule has 1 saturated carbocycles. The molecule has 7 heteroatoms. The maximum atomic E-state index is 13.9. The highest BCUT2D eigenvalue weighted by Gasteiger charge is 2.63. The maximum absolute atomic E-state index is 13.9. The van der Waals surface area contributed by atoms with E-state index in [0.717, 1.165) is 23.3 Å². The van der Waals surface area contributed by atoms with E-state index in [1.807, 2.05) is 17.0 Å². The predicted octanol–water partition coefficient (Wildman–Crippen LogP) is 3.78. The van der Waals surface area contributed by atoms with Crippen molar-refractivity contribution in [3.63, 3.8) is 0 Å². The van der Waals surface area contributed by atoms with Gasteiger partial charge in [-0.15, -0.1) is 0 Å². The van der Waals surface area contributed by atoms with Gasteiger partial charge in [0.25, 0.3) is 0 Å². The van der Waals surface area contributed by atoms with Gasteiger partial charge in [0.1, 0.15) is 6.10 Å². The van der Waals surface area contributed by atoms with Gasteiger partial charge >= 0.3 is 0 Å². The minimum Gasteiger partial charge on any atom is -0.454 e. The summed E-state index contributed by atoms with van der Waals surface area (Å²) in [5.74, 6) is 1.36. The molecule has 3 aliphatic heterocycles. The maximum Gasteiger partial charge on any atom is 0.231 e. The summed E-state index contributed by atoms with van der Waals surface area (Å²) in [6.45, 7) is 11.8. The molecule has 0 N–H and O–H groups in total. The molecule has 1 amide bonds. The van der Waals surface area contributed by atoms with E-state index in [1.165, 1.54) is 0 Å². The van der Waals surface area contributed by atoms with Crippen LogP contribution >= 0.6 is 0 Å². The van der Waals surface area contributed by atoms with E-state index in [-0.39, 0.29) is 29.4 Å². The minimum atomic E-state index is -2.13. The molecule has 3 heterocycles. The summed E-state index contributed by atoms with van der Waals surface area (Å²) in [6.07, 6.45) is 2.10. The van der Waals surface area contributed by atoms with Crippen molar-refractivity contribution >= 4 is 20.0 Å². The number of nitrogens with zero attached hydrogens (tertiary/aromatic N) is 1. The Bertz CT molecular complexity index is 936. The Hall–Kier alpha value is -1.86. The van der Waals surface area contributed by atoms with Gasteiger partial charge in [0.05, 0.1) is 11.5 Å². The van der Waals surface area contributed by atoms with Crippen LogP contribution in [0.4, 0.5) is 0 Å². The van der Waals surface area contributed by atoms with Crippen LogP contribution < -0.4 is 9.47 Å². The molecule has 1 aromatic carbocycles. The first-order valence-electron chi connectivity index (χ1n) is 11.0. The number of Topliss-reactive ketones (excluding diaryl/α,β-unsaturated/α-hetero) is 1. The second kappa shape index (κ2) is 6.33. The molecule has 162 valence electrons. The second-order valence-electron chi connectivity index (χ2n) is 10.7. The molecule has 0 aromatic heterocycles. The topological polar surface area (TPSA) is 65.1 Å². The van der Waals surface area contributed by atoms with Gasteiger partial charge in [-0.2, -0.15) is 0 Å². The molecule has 1 spiro atoms. The Morgan fingerprint density at radius 1 is 1.13 bits per heavy atom. The van der Waals surface area contributed by atoms with Crippen molar-refractivity contribution in [2.45, 2.75) is 82.1 Å². The van der Waals surface area contributed by atoms with Crippen LogP contribution in [0.5, 0.6) is 11.5 Å². The van der Waals surface area contributed by atoms with Crippen molar-refractivity contribution in [3.05, 3.63) is 23.3 Å². The van der Waals surface area contributed by atoms with Crippen LogP contribution in [0.15, 0.2) is 12.1 Å². The number of benzene rings is 1. The molecule has 0 unspecified atom stereocenters. The largest absolute Gasteiger partial charge is 0.454 e. The molecule has 30 heavy (non-hydrogen) atoms. The zero-order chi connectivity index (χ0) is 21.5. The van der Waals surface area contributed by atoms with Crippen LogP contribution in [0.2, 0.25) is 18.1 Å². The summed E-state index contributed by atoms with van der Waals surface area (Å²) in [7, 11) is -2.13. The van der Waals surface area contributed by atoms with Gasteiger partial charge in [-0.3, -0.25) is 9.59 Å². The lowest BCUT2D eigenvalue weighted by molar-refractivity contribution is -0.131. The average Bonchev–Trinajstić information content (AvgIpc) is 3.27. The van der Waals surface area contributed by atoms with Gasteiger partial charge in [-0.25, -0.2) is 0 Å². The zero-order valence-corrected chi connectivity index (χ0v) is 19.5. The second-order valence-corrected chi connectivity index (χ2v) is 15.5. The van der Waals surface area contributed by atoms with Crippen LogP contribution in [0.25, 0.3) is 0 Å². The number of ether oxygens (including phenoxy) is 2. The highest BCUT2D eigenvalue weighted by molar-refractivity contribution is 6.74. The molecule has 2 fully saturated rings. The van der Waals surface area contributed by atoms with Gasteiger partial charge < -0.3 is 18.8 Å². The summed E-state index contributed by atoms with van der Waals surface area (Å²) >= 11 is 0. The summed E-state index contributed by atoms with van der Waals surface area (Å²) in [5.41, 5.74) is 1.62. The molecule has 0 bridgehead atoms. The normalized spacial score (nSPS) is 30.2. The highest BCUT2D eigenvalue weighted by Crippen LogP contribution is 2.56. The van der Waals surface area contributed by atoms with E-state index in [9.17, 15) is 9.59 Å². The predicted molar refractivity (Wildman–Crippen MR) is 114 cm³/mol. The van der Waals surface area contributed by atoms with E-state index >= 15 is 0 Å². The summed E-state index contributed by atoms with van der Waals surface area (Å²) in [6, 6.07) is 4.00. The molecular weight excluding hydrogens is 398 g/mol. The van der Waals surface area contributed by atoms with Crippen LogP contribution in [0.1, 0.15) is 57.1 Å². The number of rotatable bonds is 2. The van der Waals surface area contributed by atoms with Crippen LogP contribution in [0.3, 0.4) is 0 Å². The van der Waals surface area contributed by atoms with Gasteiger partial charge in [0.15, 0.2) is 25.6 Å². The fraction of sp³-hybridized carbons (Fsp3) is 0.652. The van der Waals surface area contributed by atoms with Crippen LogP contribution in [-0.4, -0.2) is 49.9 Å². The third kappa shape index (κ3) is 2.70. The SMILES string of the molecule is CC(C)(C)[Si](C)(C)O[C@@H]1C[C@]23CCC(=O)N2CCc2cc4c(cc2[C@@H]3C1=O)OCO4. The fourth-order valence-electron chi connectivity index (χ4n) is 5.48. The Morgan fingerprint density at radius 3 is 2.53 bits per heavy atom. The van der Waals surface area contributed by atoms with Gasteiger partial charge in [-0.05, 0) is 54.2 Å². The number of carbonyl (C=O) groups is 2. The van der Waals surface area contributed by atoms with Crippen LogP contribution in [0, 0.1) is 0 Å². The number of fused-ring (bicyclic) bond motifs is 3. The molecule has 4 aliphatic rings. The molecule has 1 saturated heterocycles. The number of carbonyl (C=O) groups excluding carboxylic acids is 2. The minimum absolute atomic E-state index is 0.0185. The molecule has 3 atom stereocenters.